The SMILES string of the molecule is CC(=O)OC(CC(C)C)O[N+](=O)[O-]. The van der Waals surface area contributed by atoms with Gasteiger partial charge in [-0.3, -0.25) is 9.63 Å². The molecule has 0 bridgehead atoms. The van der Waals surface area contributed by atoms with E-state index in [-0.39, 0.29) is 5.92 Å². The maximum absolute atomic E-state index is 10.5. The minimum atomic E-state index is -1.09. The third-order valence-corrected chi connectivity index (χ3v) is 1.16. The Morgan fingerprint density at radius 2 is 2.08 bits per heavy atom. The molecule has 6 heteroatoms. The summed E-state index contributed by atoms with van der Waals surface area (Å²) in [6, 6.07) is 0. The number of esters is 1. The van der Waals surface area contributed by atoms with Crippen LogP contribution >= 0.6 is 0 Å². The Morgan fingerprint density at radius 1 is 1.54 bits per heavy atom. The molecule has 0 aliphatic rings. The van der Waals surface area contributed by atoms with Crippen LogP contribution in [0.2, 0.25) is 0 Å². The summed E-state index contributed by atoms with van der Waals surface area (Å²) in [6.45, 7) is 4.87. The van der Waals surface area contributed by atoms with Crippen molar-refractivity contribution < 1.29 is 19.5 Å². The van der Waals surface area contributed by atoms with E-state index in [1.54, 1.807) is 0 Å². The van der Waals surface area contributed by atoms with Crippen molar-refractivity contribution in [1.29, 1.82) is 0 Å². The van der Waals surface area contributed by atoms with Crippen molar-refractivity contribution in [3.05, 3.63) is 10.1 Å². The maximum Gasteiger partial charge on any atom is 0.304 e. The fraction of sp³-hybridized carbons (Fsp3) is 0.857. The van der Waals surface area contributed by atoms with Crippen molar-refractivity contribution in [2.75, 3.05) is 0 Å². The summed E-state index contributed by atoms with van der Waals surface area (Å²) in [5.41, 5.74) is 0. The number of hydrogen-bond acceptors (Lipinski definition) is 5. The summed E-state index contributed by atoms with van der Waals surface area (Å²) >= 11 is 0. The summed E-state index contributed by atoms with van der Waals surface area (Å²) in [4.78, 5) is 24.6. The molecule has 6 nitrogen and oxygen atoms in total. The second-order valence-electron chi connectivity index (χ2n) is 3.00. The zero-order chi connectivity index (χ0) is 10.4. The number of carbonyl (C=O) groups excluding carboxylic acids is 1. The molecular weight excluding hydrogens is 178 g/mol. The van der Waals surface area contributed by atoms with Crippen molar-refractivity contribution in [3.63, 3.8) is 0 Å². The van der Waals surface area contributed by atoms with E-state index >= 15 is 0 Å². The molecule has 0 saturated heterocycles. The summed E-state index contributed by atoms with van der Waals surface area (Å²) in [7, 11) is 0. The van der Waals surface area contributed by atoms with Gasteiger partial charge in [0.05, 0.1) is 0 Å². The first-order valence-corrected chi connectivity index (χ1v) is 3.90. The van der Waals surface area contributed by atoms with Crippen LogP contribution in [0.3, 0.4) is 0 Å². The smallest absolute Gasteiger partial charge is 0.304 e. The highest BCUT2D eigenvalue weighted by Crippen LogP contribution is 2.09. The van der Waals surface area contributed by atoms with Crippen LogP contribution in [0.25, 0.3) is 0 Å². The molecule has 0 aromatic rings. The predicted molar refractivity (Wildman–Crippen MR) is 43.1 cm³/mol. The minimum absolute atomic E-state index is 0.157. The summed E-state index contributed by atoms with van der Waals surface area (Å²) < 4.78 is 4.57. The van der Waals surface area contributed by atoms with Crippen molar-refractivity contribution in [2.45, 2.75) is 33.5 Å². The summed E-state index contributed by atoms with van der Waals surface area (Å²) in [5.74, 6) is -0.434. The molecule has 0 aliphatic heterocycles. The molecule has 0 radical (unpaired) electrons. The van der Waals surface area contributed by atoms with Gasteiger partial charge in [-0.1, -0.05) is 13.8 Å². The van der Waals surface area contributed by atoms with Gasteiger partial charge >= 0.3 is 5.97 Å². The third-order valence-electron chi connectivity index (χ3n) is 1.16. The van der Waals surface area contributed by atoms with Gasteiger partial charge in [-0.25, -0.2) is 0 Å². The van der Waals surface area contributed by atoms with Gasteiger partial charge in [0.15, 0.2) is 0 Å². The molecule has 1 atom stereocenters. The van der Waals surface area contributed by atoms with Crippen LogP contribution in [0, 0.1) is 16.0 Å². The topological polar surface area (TPSA) is 78.7 Å². The Balaban J connectivity index is 4.02. The van der Waals surface area contributed by atoms with E-state index in [9.17, 15) is 14.9 Å². The fourth-order valence-corrected chi connectivity index (χ4v) is 0.779. The number of rotatable bonds is 5. The van der Waals surface area contributed by atoms with Gasteiger partial charge in [0, 0.05) is 13.3 Å². The fourth-order valence-electron chi connectivity index (χ4n) is 0.779. The van der Waals surface area contributed by atoms with Crippen molar-refractivity contribution in [1.82, 2.24) is 0 Å². The molecule has 0 aromatic carbocycles. The highest BCUT2D eigenvalue weighted by Gasteiger charge is 2.17. The number of ether oxygens (including phenoxy) is 1. The molecule has 0 N–H and O–H groups in total. The first-order valence-electron chi connectivity index (χ1n) is 3.90. The van der Waals surface area contributed by atoms with Crippen LogP contribution < -0.4 is 0 Å². The van der Waals surface area contributed by atoms with Gasteiger partial charge in [0.1, 0.15) is 0 Å². The molecule has 1 unspecified atom stereocenters. The van der Waals surface area contributed by atoms with E-state index in [1.807, 2.05) is 13.8 Å². The van der Waals surface area contributed by atoms with E-state index in [1.165, 1.54) is 6.92 Å². The highest BCUT2D eigenvalue weighted by molar-refractivity contribution is 5.66. The molecule has 0 aromatic heterocycles. The van der Waals surface area contributed by atoms with E-state index in [4.69, 9.17) is 0 Å². The van der Waals surface area contributed by atoms with Crippen molar-refractivity contribution in [2.24, 2.45) is 5.92 Å². The number of carbonyl (C=O) groups is 1. The van der Waals surface area contributed by atoms with Crippen LogP contribution in [0.5, 0.6) is 0 Å². The Bertz CT molecular complexity index is 175. The zero-order valence-electron chi connectivity index (χ0n) is 7.85. The number of hydrogen-bond donors (Lipinski definition) is 0. The minimum Gasteiger partial charge on any atom is -0.435 e. The van der Waals surface area contributed by atoms with Gasteiger partial charge in [-0.15, -0.1) is 10.1 Å². The maximum atomic E-state index is 10.5. The molecule has 0 fully saturated rings. The van der Waals surface area contributed by atoms with E-state index < -0.39 is 17.3 Å². The molecule has 0 saturated carbocycles. The lowest BCUT2D eigenvalue weighted by molar-refractivity contribution is -0.779. The molecule has 0 spiro atoms. The first-order chi connectivity index (χ1) is 5.91. The average Bonchev–Trinajstić information content (AvgIpc) is 1.80. The van der Waals surface area contributed by atoms with Crippen molar-refractivity contribution in [3.8, 4) is 0 Å². The highest BCUT2D eigenvalue weighted by atomic mass is 17.0. The van der Waals surface area contributed by atoms with Gasteiger partial charge in [0.25, 0.3) is 5.09 Å². The first kappa shape index (κ1) is 11.7. The second-order valence-corrected chi connectivity index (χ2v) is 3.00. The monoisotopic (exact) mass is 191 g/mol. The summed E-state index contributed by atoms with van der Waals surface area (Å²) in [5, 5.41) is 9.00. The Labute approximate surface area is 75.9 Å². The third kappa shape index (κ3) is 7.04. The van der Waals surface area contributed by atoms with Gasteiger partial charge in [-0.2, -0.15) is 0 Å². The molecule has 0 rings (SSSR count). The van der Waals surface area contributed by atoms with E-state index in [0.717, 1.165) is 0 Å². The molecule has 0 heterocycles. The zero-order valence-corrected chi connectivity index (χ0v) is 7.85. The second kappa shape index (κ2) is 5.34. The standard InChI is InChI=1S/C7H13NO5/c1-5(2)4-7(12-6(3)9)13-8(10)11/h5,7H,4H2,1-3H3. The Hall–Kier alpha value is -1.33. The molecule has 0 amide bonds. The van der Waals surface area contributed by atoms with Crippen LogP contribution in [-0.4, -0.2) is 17.3 Å². The molecule has 0 aliphatic carbocycles. The quantitative estimate of drug-likeness (QED) is 0.281. The van der Waals surface area contributed by atoms with E-state index in [0.29, 0.717) is 6.42 Å². The predicted octanol–water partition coefficient (Wildman–Crippen LogP) is 1.13. The lowest BCUT2D eigenvalue weighted by Crippen LogP contribution is -2.24. The van der Waals surface area contributed by atoms with Gasteiger partial charge in [-0.05, 0) is 5.92 Å². The van der Waals surface area contributed by atoms with Crippen LogP contribution in [0.1, 0.15) is 27.2 Å². The van der Waals surface area contributed by atoms with Crippen LogP contribution in [0.15, 0.2) is 0 Å². The van der Waals surface area contributed by atoms with Crippen LogP contribution in [-0.2, 0) is 14.4 Å². The lowest BCUT2D eigenvalue weighted by Gasteiger charge is -2.15. The normalized spacial score (nSPS) is 12.3. The number of nitrogens with zero attached hydrogens (tertiary/aromatic N) is 1. The molecule has 76 valence electrons. The largest absolute Gasteiger partial charge is 0.435 e. The molecular formula is C7H13NO5. The molecule has 13 heavy (non-hydrogen) atoms. The lowest BCUT2D eigenvalue weighted by atomic mass is 10.1. The summed E-state index contributed by atoms with van der Waals surface area (Å²) in [6.07, 6.45) is -0.784. The Kier molecular flexibility index (Phi) is 4.79. The van der Waals surface area contributed by atoms with E-state index in [2.05, 4.69) is 9.57 Å². The van der Waals surface area contributed by atoms with Gasteiger partial charge in [0.2, 0.25) is 6.29 Å². The van der Waals surface area contributed by atoms with Crippen LogP contribution in [0.4, 0.5) is 0 Å². The van der Waals surface area contributed by atoms with Crippen molar-refractivity contribution >= 4 is 5.97 Å². The van der Waals surface area contributed by atoms with Gasteiger partial charge < -0.3 is 4.74 Å². The Morgan fingerprint density at radius 3 is 2.38 bits per heavy atom. The average molecular weight is 191 g/mol.